The summed E-state index contributed by atoms with van der Waals surface area (Å²) < 4.78 is 0. The molecule has 2 amide bonds. The van der Waals surface area contributed by atoms with E-state index in [9.17, 15) is 9.59 Å². The average molecular weight is 358 g/mol. The third kappa shape index (κ3) is 2.94. The molecule has 2 aliphatic rings. The normalized spacial score (nSPS) is 18.6. The van der Waals surface area contributed by atoms with E-state index in [2.05, 4.69) is 16.4 Å². The second kappa shape index (κ2) is 6.94. The second-order valence-electron chi connectivity index (χ2n) is 6.51. The maximum absolute atomic E-state index is 12.7. The first-order valence-electron chi connectivity index (χ1n) is 8.28. The number of amides is 2. The van der Waals surface area contributed by atoms with Crippen LogP contribution in [0, 0.1) is 0 Å². The minimum Gasteiger partial charge on any atom is -0.317 e. The summed E-state index contributed by atoms with van der Waals surface area (Å²) in [6.45, 7) is 2.16. The Morgan fingerprint density at radius 2 is 1.64 bits per heavy atom. The van der Waals surface area contributed by atoms with Crippen LogP contribution in [0.3, 0.4) is 0 Å². The van der Waals surface area contributed by atoms with E-state index < -0.39 is 0 Å². The van der Waals surface area contributed by atoms with E-state index >= 15 is 0 Å². The molecule has 4 rings (SSSR count). The number of carbonyl (C=O) groups excluding carboxylic acids is 2. The smallest absolute Gasteiger partial charge is 0.261 e. The summed E-state index contributed by atoms with van der Waals surface area (Å²) in [6, 6.07) is 11.0. The number of hydrogen-bond donors (Lipinski definition) is 1. The third-order valence-electron chi connectivity index (χ3n) is 5.17. The van der Waals surface area contributed by atoms with Gasteiger partial charge in [0.2, 0.25) is 0 Å². The number of imide groups is 1. The molecule has 25 heavy (non-hydrogen) atoms. The summed E-state index contributed by atoms with van der Waals surface area (Å²) in [4.78, 5) is 31.1. The number of carbonyl (C=O) groups is 2. The van der Waals surface area contributed by atoms with Crippen LogP contribution in [-0.2, 0) is 5.41 Å². The first-order valence-corrected chi connectivity index (χ1v) is 8.28. The van der Waals surface area contributed by atoms with Crippen LogP contribution in [-0.4, -0.2) is 41.3 Å². The summed E-state index contributed by atoms with van der Waals surface area (Å²) in [5.41, 5.74) is 1.89. The molecule has 1 N–H and O–H groups in total. The monoisotopic (exact) mass is 357 g/mol. The van der Waals surface area contributed by atoms with Crippen LogP contribution < -0.4 is 5.32 Å². The van der Waals surface area contributed by atoms with Crippen molar-refractivity contribution in [3.63, 3.8) is 0 Å². The van der Waals surface area contributed by atoms with Crippen molar-refractivity contribution in [2.45, 2.75) is 18.3 Å². The fraction of sp³-hybridized carbons (Fsp3) is 0.316. The number of nitrogens with one attached hydrogen (secondary N) is 1. The van der Waals surface area contributed by atoms with Gasteiger partial charge >= 0.3 is 0 Å². The third-order valence-corrected chi connectivity index (χ3v) is 5.17. The van der Waals surface area contributed by atoms with Crippen molar-refractivity contribution < 1.29 is 9.59 Å². The molecule has 1 aromatic heterocycles. The Morgan fingerprint density at radius 3 is 2.20 bits per heavy atom. The number of pyridine rings is 1. The van der Waals surface area contributed by atoms with Crippen LogP contribution in [0.5, 0.6) is 0 Å². The first kappa shape index (κ1) is 17.6. The second-order valence-corrected chi connectivity index (χ2v) is 6.51. The molecule has 0 aliphatic carbocycles. The predicted octanol–water partition coefficient (Wildman–Crippen LogP) is 2.42. The van der Waals surface area contributed by atoms with Gasteiger partial charge in [-0.1, -0.05) is 18.2 Å². The topological polar surface area (TPSA) is 62.3 Å². The fourth-order valence-electron chi connectivity index (χ4n) is 3.81. The molecule has 0 unspecified atom stereocenters. The molecular formula is C19H20ClN3O2. The number of benzene rings is 1. The van der Waals surface area contributed by atoms with Gasteiger partial charge in [0.05, 0.1) is 11.1 Å². The Labute approximate surface area is 152 Å². The van der Waals surface area contributed by atoms with Crippen LogP contribution in [0.4, 0.5) is 0 Å². The average Bonchev–Trinajstić information content (AvgIpc) is 2.89. The fourth-order valence-corrected chi connectivity index (χ4v) is 3.81. The van der Waals surface area contributed by atoms with Gasteiger partial charge in [-0.2, -0.15) is 0 Å². The molecule has 2 aliphatic heterocycles. The zero-order valence-electron chi connectivity index (χ0n) is 13.8. The minimum absolute atomic E-state index is 0. The zero-order valence-corrected chi connectivity index (χ0v) is 14.6. The number of nitrogens with zero attached hydrogens (tertiary/aromatic N) is 2. The number of hydrogen-bond acceptors (Lipinski definition) is 4. The van der Waals surface area contributed by atoms with Crippen LogP contribution in [0.15, 0.2) is 48.8 Å². The van der Waals surface area contributed by atoms with E-state index in [0.29, 0.717) is 17.7 Å². The lowest BCUT2D eigenvalue weighted by Gasteiger charge is -2.40. The summed E-state index contributed by atoms with van der Waals surface area (Å²) in [5, 5.41) is 3.36. The molecule has 0 radical (unpaired) electrons. The highest BCUT2D eigenvalue weighted by molar-refractivity contribution is 6.21. The van der Waals surface area contributed by atoms with Crippen molar-refractivity contribution in [3.05, 3.63) is 65.5 Å². The van der Waals surface area contributed by atoms with Gasteiger partial charge in [0.25, 0.3) is 11.8 Å². The van der Waals surface area contributed by atoms with Crippen molar-refractivity contribution in [1.29, 1.82) is 0 Å². The van der Waals surface area contributed by atoms with Gasteiger partial charge in [0, 0.05) is 24.4 Å². The molecule has 1 saturated heterocycles. The first-order chi connectivity index (χ1) is 11.7. The van der Waals surface area contributed by atoms with E-state index in [-0.39, 0.29) is 29.6 Å². The molecule has 6 heteroatoms. The van der Waals surface area contributed by atoms with Crippen molar-refractivity contribution in [2.75, 3.05) is 19.6 Å². The molecule has 0 atom stereocenters. The van der Waals surface area contributed by atoms with E-state index in [4.69, 9.17) is 0 Å². The van der Waals surface area contributed by atoms with Gasteiger partial charge < -0.3 is 5.32 Å². The van der Waals surface area contributed by atoms with Gasteiger partial charge in [-0.3, -0.25) is 19.5 Å². The molecule has 2 aromatic rings. The number of halogens is 1. The summed E-state index contributed by atoms with van der Waals surface area (Å²) in [6.07, 6.45) is 5.38. The number of aromatic nitrogens is 1. The lowest BCUT2D eigenvalue weighted by atomic mass is 9.73. The maximum atomic E-state index is 12.7. The predicted molar refractivity (Wildman–Crippen MR) is 97.1 cm³/mol. The van der Waals surface area contributed by atoms with Gasteiger partial charge in [-0.15, -0.1) is 12.4 Å². The Morgan fingerprint density at radius 1 is 1.00 bits per heavy atom. The molecule has 0 bridgehead atoms. The van der Waals surface area contributed by atoms with Crippen LogP contribution in [0.2, 0.25) is 0 Å². The number of piperidine rings is 1. The number of fused-ring (bicyclic) bond motifs is 1. The zero-order chi connectivity index (χ0) is 16.6. The van der Waals surface area contributed by atoms with Crippen molar-refractivity contribution in [1.82, 2.24) is 15.2 Å². The van der Waals surface area contributed by atoms with Crippen molar-refractivity contribution >= 4 is 24.2 Å². The Bertz CT molecular complexity index is 753. The van der Waals surface area contributed by atoms with Gasteiger partial charge in [0.15, 0.2) is 0 Å². The molecule has 1 aromatic carbocycles. The van der Waals surface area contributed by atoms with E-state index in [0.717, 1.165) is 31.5 Å². The summed E-state index contributed by atoms with van der Waals surface area (Å²) in [7, 11) is 0. The Balaban J connectivity index is 0.00000182. The highest BCUT2D eigenvalue weighted by Crippen LogP contribution is 2.36. The van der Waals surface area contributed by atoms with Gasteiger partial charge in [-0.05, 0) is 49.7 Å². The highest BCUT2D eigenvalue weighted by Gasteiger charge is 2.43. The Kier molecular flexibility index (Phi) is 4.88. The Hall–Kier alpha value is -2.24. The van der Waals surface area contributed by atoms with Crippen molar-refractivity contribution in [2.24, 2.45) is 0 Å². The van der Waals surface area contributed by atoms with Gasteiger partial charge in [0.1, 0.15) is 0 Å². The largest absolute Gasteiger partial charge is 0.317 e. The molecule has 0 spiro atoms. The molecular weight excluding hydrogens is 338 g/mol. The lowest BCUT2D eigenvalue weighted by molar-refractivity contribution is 0.0596. The van der Waals surface area contributed by atoms with E-state index in [1.807, 2.05) is 12.3 Å². The molecule has 130 valence electrons. The molecule has 1 fully saturated rings. The van der Waals surface area contributed by atoms with E-state index in [1.54, 1.807) is 30.5 Å². The van der Waals surface area contributed by atoms with Crippen LogP contribution in [0.1, 0.15) is 39.1 Å². The standard InChI is InChI=1S/C19H19N3O2.ClH/c23-17-15-5-1-2-6-16(15)18(24)22(17)13-19(7-10-20-11-8-19)14-4-3-9-21-12-14;/h1-6,9,12,20H,7-8,10-11,13H2;1H. The van der Waals surface area contributed by atoms with Crippen LogP contribution in [0.25, 0.3) is 0 Å². The molecule has 3 heterocycles. The molecule has 0 saturated carbocycles. The SMILES string of the molecule is Cl.O=C1c2ccccc2C(=O)N1CC1(c2cccnc2)CCNCC1. The van der Waals surface area contributed by atoms with Gasteiger partial charge in [-0.25, -0.2) is 0 Å². The number of rotatable bonds is 3. The highest BCUT2D eigenvalue weighted by atomic mass is 35.5. The van der Waals surface area contributed by atoms with Crippen LogP contribution >= 0.6 is 12.4 Å². The molecule has 5 nitrogen and oxygen atoms in total. The summed E-state index contributed by atoms with van der Waals surface area (Å²) >= 11 is 0. The lowest BCUT2D eigenvalue weighted by Crippen LogP contribution is -2.49. The van der Waals surface area contributed by atoms with Crippen molar-refractivity contribution in [3.8, 4) is 0 Å². The minimum atomic E-state index is -0.229. The maximum Gasteiger partial charge on any atom is 0.261 e. The quantitative estimate of drug-likeness (QED) is 0.857. The van der Waals surface area contributed by atoms with E-state index in [1.165, 1.54) is 4.90 Å². The summed E-state index contributed by atoms with van der Waals surface area (Å²) in [5.74, 6) is -0.366.